The van der Waals surface area contributed by atoms with Gasteiger partial charge in [0.05, 0.1) is 12.1 Å². The Hall–Kier alpha value is -3.23. The predicted octanol–water partition coefficient (Wildman–Crippen LogP) is 2.36. The molecule has 0 aliphatic carbocycles. The summed E-state index contributed by atoms with van der Waals surface area (Å²) >= 11 is 5.96. The molecule has 0 bridgehead atoms. The number of carbonyl (C=O) groups excluding carboxylic acids is 1. The lowest BCUT2D eigenvalue weighted by Gasteiger charge is -2.34. The number of nitrogens with zero attached hydrogens (tertiary/aromatic N) is 6. The van der Waals surface area contributed by atoms with Crippen LogP contribution in [0.1, 0.15) is 11.1 Å². The number of hydrogen-bond donors (Lipinski definition) is 1. The van der Waals surface area contributed by atoms with E-state index in [1.165, 1.54) is 6.33 Å². The van der Waals surface area contributed by atoms with E-state index in [4.69, 9.17) is 17.3 Å². The molecule has 4 aromatic rings. The Labute approximate surface area is 177 Å². The number of rotatable bonds is 4. The summed E-state index contributed by atoms with van der Waals surface area (Å²) in [5.41, 5.74) is 9.63. The van der Waals surface area contributed by atoms with Crippen molar-refractivity contribution in [3.05, 3.63) is 65.3 Å². The van der Waals surface area contributed by atoms with Gasteiger partial charge in [-0.1, -0.05) is 17.7 Å². The van der Waals surface area contributed by atoms with Gasteiger partial charge >= 0.3 is 0 Å². The molecule has 1 fully saturated rings. The normalized spacial score (nSPS) is 15.4. The van der Waals surface area contributed by atoms with Crippen LogP contribution in [-0.2, 0) is 17.9 Å². The second-order valence-corrected chi connectivity index (χ2v) is 7.89. The topological polar surface area (TPSA) is 92.7 Å². The Kier molecular flexibility index (Phi) is 4.72. The Morgan fingerprint density at radius 2 is 1.93 bits per heavy atom. The number of imidazole rings is 1. The van der Waals surface area contributed by atoms with Gasteiger partial charge in [-0.25, -0.2) is 15.0 Å². The smallest absolute Gasteiger partial charge is 0.237 e. The molecule has 1 aliphatic heterocycles. The maximum atomic E-state index is 12.7. The number of halogens is 1. The number of nitrogens with two attached hydrogens (primary N) is 1. The maximum absolute atomic E-state index is 12.7. The summed E-state index contributed by atoms with van der Waals surface area (Å²) in [6, 6.07) is 9.90. The minimum Gasteiger partial charge on any atom is -0.383 e. The van der Waals surface area contributed by atoms with Crippen LogP contribution < -0.4 is 5.73 Å². The summed E-state index contributed by atoms with van der Waals surface area (Å²) < 4.78 is 1.89. The molecule has 2 N–H and O–H groups in total. The SMILES string of the molecule is Nc1ncnc2cc(CN3CCN(Cc4ccn5cc(Cl)nc5c4)CC3=O)ccc12. The summed E-state index contributed by atoms with van der Waals surface area (Å²) in [6.07, 6.45) is 5.17. The molecule has 5 rings (SSSR count). The third kappa shape index (κ3) is 3.67. The first-order valence-electron chi connectivity index (χ1n) is 9.67. The number of anilines is 1. The van der Waals surface area contributed by atoms with Crippen molar-refractivity contribution in [2.24, 2.45) is 0 Å². The molecule has 9 heteroatoms. The quantitative estimate of drug-likeness (QED) is 0.543. The third-order valence-corrected chi connectivity index (χ3v) is 5.59. The van der Waals surface area contributed by atoms with E-state index in [0.717, 1.165) is 34.2 Å². The first kappa shape index (κ1) is 18.8. The summed E-state index contributed by atoms with van der Waals surface area (Å²) in [6.45, 7) is 3.15. The van der Waals surface area contributed by atoms with Crippen LogP contribution in [0, 0.1) is 0 Å². The van der Waals surface area contributed by atoms with Gasteiger partial charge < -0.3 is 15.0 Å². The van der Waals surface area contributed by atoms with Crippen molar-refractivity contribution in [3.8, 4) is 0 Å². The zero-order chi connectivity index (χ0) is 20.7. The molecule has 152 valence electrons. The average Bonchev–Trinajstić information content (AvgIpc) is 3.09. The molecule has 8 nitrogen and oxygen atoms in total. The van der Waals surface area contributed by atoms with Crippen LogP contribution in [0.5, 0.6) is 0 Å². The van der Waals surface area contributed by atoms with Crippen LogP contribution >= 0.6 is 11.6 Å². The Bertz CT molecular complexity index is 1250. The summed E-state index contributed by atoms with van der Waals surface area (Å²) in [5, 5.41) is 1.30. The summed E-state index contributed by atoms with van der Waals surface area (Å²) in [7, 11) is 0. The molecule has 1 amide bonds. The van der Waals surface area contributed by atoms with E-state index in [0.29, 0.717) is 37.1 Å². The largest absolute Gasteiger partial charge is 0.383 e. The number of fused-ring (bicyclic) bond motifs is 2. The fourth-order valence-electron chi connectivity index (χ4n) is 3.85. The second-order valence-electron chi connectivity index (χ2n) is 7.50. The van der Waals surface area contributed by atoms with Gasteiger partial charge in [-0.3, -0.25) is 9.69 Å². The minimum atomic E-state index is 0.119. The number of amides is 1. The highest BCUT2D eigenvalue weighted by atomic mass is 35.5. The molecule has 0 atom stereocenters. The van der Waals surface area contributed by atoms with Crippen LogP contribution in [0.4, 0.5) is 5.82 Å². The predicted molar refractivity (Wildman–Crippen MR) is 115 cm³/mol. The van der Waals surface area contributed by atoms with Gasteiger partial charge in [0.25, 0.3) is 0 Å². The lowest BCUT2D eigenvalue weighted by Crippen LogP contribution is -2.49. The van der Waals surface area contributed by atoms with Gasteiger partial charge in [0.2, 0.25) is 5.91 Å². The van der Waals surface area contributed by atoms with Crippen molar-refractivity contribution in [1.82, 2.24) is 29.2 Å². The third-order valence-electron chi connectivity index (χ3n) is 5.40. The molecule has 0 spiro atoms. The molecule has 1 saturated heterocycles. The van der Waals surface area contributed by atoms with E-state index in [9.17, 15) is 4.79 Å². The average molecular weight is 422 g/mol. The van der Waals surface area contributed by atoms with Gasteiger partial charge in [-0.2, -0.15) is 0 Å². The number of carbonyl (C=O) groups is 1. The van der Waals surface area contributed by atoms with Gasteiger partial charge in [-0.15, -0.1) is 0 Å². The molecule has 1 aliphatic rings. The number of piperazine rings is 1. The van der Waals surface area contributed by atoms with Crippen LogP contribution in [0.15, 0.2) is 49.1 Å². The lowest BCUT2D eigenvalue weighted by molar-refractivity contribution is -0.136. The van der Waals surface area contributed by atoms with Crippen LogP contribution in [-0.4, -0.2) is 54.7 Å². The number of aromatic nitrogens is 4. The minimum absolute atomic E-state index is 0.119. The highest BCUT2D eigenvalue weighted by Crippen LogP contribution is 2.20. The van der Waals surface area contributed by atoms with Crippen molar-refractivity contribution in [2.75, 3.05) is 25.4 Å². The highest BCUT2D eigenvalue weighted by molar-refractivity contribution is 6.29. The van der Waals surface area contributed by atoms with E-state index in [1.807, 2.05) is 45.8 Å². The molecule has 4 heterocycles. The van der Waals surface area contributed by atoms with E-state index < -0.39 is 0 Å². The van der Waals surface area contributed by atoms with Crippen LogP contribution in [0.3, 0.4) is 0 Å². The molecular weight excluding hydrogens is 402 g/mol. The Morgan fingerprint density at radius 3 is 2.80 bits per heavy atom. The number of benzene rings is 1. The molecular formula is C21H20ClN7O. The molecule has 1 aromatic carbocycles. The first-order chi connectivity index (χ1) is 14.5. The number of pyridine rings is 1. The van der Waals surface area contributed by atoms with E-state index in [1.54, 1.807) is 6.20 Å². The number of hydrogen-bond acceptors (Lipinski definition) is 6. The van der Waals surface area contributed by atoms with Crippen LogP contribution in [0.25, 0.3) is 16.6 Å². The fourth-order valence-corrected chi connectivity index (χ4v) is 4.04. The molecule has 0 unspecified atom stereocenters. The summed E-state index contributed by atoms with van der Waals surface area (Å²) in [5.74, 6) is 0.584. The van der Waals surface area contributed by atoms with Crippen LogP contribution in [0.2, 0.25) is 5.15 Å². The molecule has 0 saturated carbocycles. The van der Waals surface area contributed by atoms with Crippen molar-refractivity contribution in [2.45, 2.75) is 13.1 Å². The number of nitrogen functional groups attached to an aromatic ring is 1. The molecule has 0 radical (unpaired) electrons. The lowest BCUT2D eigenvalue weighted by atomic mass is 10.1. The van der Waals surface area contributed by atoms with Crippen molar-refractivity contribution < 1.29 is 4.79 Å². The zero-order valence-electron chi connectivity index (χ0n) is 16.2. The van der Waals surface area contributed by atoms with Crippen molar-refractivity contribution in [3.63, 3.8) is 0 Å². The zero-order valence-corrected chi connectivity index (χ0v) is 17.0. The van der Waals surface area contributed by atoms with E-state index in [2.05, 4.69) is 19.9 Å². The standard InChI is InChI=1S/C21H20ClN7O/c22-18-11-28-4-3-15(8-19(28)26-18)9-27-5-6-29(20(30)12-27)10-14-1-2-16-17(7-14)24-13-25-21(16)23/h1-4,7-8,11,13H,5-6,9-10,12H2,(H2,23,24,25). The van der Waals surface area contributed by atoms with E-state index >= 15 is 0 Å². The molecule has 3 aromatic heterocycles. The van der Waals surface area contributed by atoms with Crippen molar-refractivity contribution in [1.29, 1.82) is 0 Å². The summed E-state index contributed by atoms with van der Waals surface area (Å²) in [4.78, 5) is 29.4. The van der Waals surface area contributed by atoms with Gasteiger partial charge in [-0.05, 0) is 35.4 Å². The maximum Gasteiger partial charge on any atom is 0.237 e. The van der Waals surface area contributed by atoms with Crippen molar-refractivity contribution >= 4 is 39.9 Å². The Morgan fingerprint density at radius 1 is 1.07 bits per heavy atom. The second kappa shape index (κ2) is 7.55. The van der Waals surface area contributed by atoms with E-state index in [-0.39, 0.29) is 5.91 Å². The first-order valence-corrected chi connectivity index (χ1v) is 10.1. The van der Waals surface area contributed by atoms with Gasteiger partial charge in [0.15, 0.2) is 0 Å². The monoisotopic (exact) mass is 421 g/mol. The van der Waals surface area contributed by atoms with Gasteiger partial charge in [0.1, 0.15) is 22.9 Å². The molecule has 30 heavy (non-hydrogen) atoms. The highest BCUT2D eigenvalue weighted by Gasteiger charge is 2.24. The van der Waals surface area contributed by atoms with Gasteiger partial charge in [0, 0.05) is 44.0 Å². The fraction of sp³-hybridized carbons (Fsp3) is 0.238. The Balaban J connectivity index is 1.24.